The van der Waals surface area contributed by atoms with Crippen molar-refractivity contribution in [1.82, 2.24) is 4.57 Å². The second-order valence-electron chi connectivity index (χ2n) is 4.38. The quantitative estimate of drug-likeness (QED) is 0.554. The molecule has 0 unspecified atom stereocenters. The van der Waals surface area contributed by atoms with Crippen molar-refractivity contribution < 1.29 is 0 Å². The number of aryl methyl sites for hydroxylation is 1. The Morgan fingerprint density at radius 2 is 1.94 bits per heavy atom. The molecule has 0 atom stereocenters. The zero-order valence-electron chi connectivity index (χ0n) is 9.58. The number of hydrogen-bond acceptors (Lipinski definition) is 2. The summed E-state index contributed by atoms with van der Waals surface area (Å²) >= 11 is 14.4. The fourth-order valence-electron chi connectivity index (χ4n) is 2.38. The fraction of sp³-hybridized carbons (Fsp3) is 0.308. The van der Waals surface area contributed by atoms with Crippen LogP contribution < -0.4 is 0 Å². The molecule has 0 aliphatic heterocycles. The number of aromatic nitrogens is 1. The summed E-state index contributed by atoms with van der Waals surface area (Å²) in [5.41, 5.74) is 2.57. The second-order valence-corrected chi connectivity index (χ2v) is 7.87. The molecule has 0 amide bonds. The summed E-state index contributed by atoms with van der Waals surface area (Å²) in [5.74, 6) is 0. The minimum absolute atomic E-state index is 0.963. The van der Waals surface area contributed by atoms with Crippen LogP contribution in [0.4, 0.5) is 0 Å². The van der Waals surface area contributed by atoms with E-state index in [-0.39, 0.29) is 0 Å². The van der Waals surface area contributed by atoms with Crippen LogP contribution in [0.25, 0.3) is 5.69 Å². The lowest BCUT2D eigenvalue weighted by Crippen LogP contribution is -2.07. The first kappa shape index (κ1) is 13.0. The maximum Gasteiger partial charge on any atom is 0.166 e. The molecule has 1 aliphatic carbocycles. The summed E-state index contributed by atoms with van der Waals surface area (Å²) in [4.78, 5) is 1.47. The van der Waals surface area contributed by atoms with Gasteiger partial charge in [0.15, 0.2) is 3.95 Å². The summed E-state index contributed by atoms with van der Waals surface area (Å²) in [6, 6.07) is 6.25. The van der Waals surface area contributed by atoms with Gasteiger partial charge in [0, 0.05) is 19.5 Å². The van der Waals surface area contributed by atoms with E-state index in [4.69, 9.17) is 12.2 Å². The number of rotatable bonds is 1. The molecule has 0 saturated heterocycles. The Kier molecular flexibility index (Phi) is 3.76. The van der Waals surface area contributed by atoms with Gasteiger partial charge in [0.05, 0.1) is 5.69 Å². The Labute approximate surface area is 132 Å². The van der Waals surface area contributed by atoms with Crippen molar-refractivity contribution in [3.05, 3.63) is 41.7 Å². The Bertz CT molecular complexity index is 657. The number of benzene rings is 1. The van der Waals surface area contributed by atoms with E-state index < -0.39 is 0 Å². The molecule has 1 heterocycles. The average molecular weight is 405 g/mol. The van der Waals surface area contributed by atoms with Gasteiger partial charge in [0.2, 0.25) is 0 Å². The van der Waals surface area contributed by atoms with Crippen molar-refractivity contribution in [2.24, 2.45) is 0 Å². The van der Waals surface area contributed by atoms with Crippen LogP contribution in [0.5, 0.6) is 0 Å². The summed E-state index contributed by atoms with van der Waals surface area (Å²) in [7, 11) is 0. The van der Waals surface area contributed by atoms with Crippen LogP contribution in [0.1, 0.15) is 23.4 Å². The van der Waals surface area contributed by atoms with Crippen molar-refractivity contribution >= 4 is 55.4 Å². The van der Waals surface area contributed by atoms with Crippen molar-refractivity contribution in [2.75, 3.05) is 0 Å². The van der Waals surface area contributed by atoms with E-state index in [9.17, 15) is 0 Å². The molecule has 0 spiro atoms. The number of hydrogen-bond donors (Lipinski definition) is 0. The minimum Gasteiger partial charge on any atom is -0.294 e. The topological polar surface area (TPSA) is 4.93 Å². The van der Waals surface area contributed by atoms with Crippen LogP contribution in [-0.2, 0) is 12.8 Å². The van der Waals surface area contributed by atoms with E-state index in [1.807, 2.05) is 0 Å². The molecule has 18 heavy (non-hydrogen) atoms. The van der Waals surface area contributed by atoms with E-state index in [2.05, 4.69) is 54.6 Å². The lowest BCUT2D eigenvalue weighted by Gasteiger charge is -2.15. The molecule has 5 heteroatoms. The van der Waals surface area contributed by atoms with Crippen molar-refractivity contribution in [3.63, 3.8) is 0 Å². The first-order chi connectivity index (χ1) is 8.66. The van der Waals surface area contributed by atoms with E-state index >= 15 is 0 Å². The van der Waals surface area contributed by atoms with Crippen LogP contribution in [0.3, 0.4) is 0 Å². The van der Waals surface area contributed by atoms with Crippen LogP contribution in [0.2, 0.25) is 0 Å². The molecule has 0 N–H and O–H groups in total. The van der Waals surface area contributed by atoms with Gasteiger partial charge in [-0.2, -0.15) is 0 Å². The normalized spacial score (nSPS) is 14.6. The summed E-state index contributed by atoms with van der Waals surface area (Å²) in [6.45, 7) is 0. The first-order valence-electron chi connectivity index (χ1n) is 5.86. The molecule has 3 rings (SSSR count). The number of nitrogens with zero attached hydrogens (tertiary/aromatic N) is 1. The van der Waals surface area contributed by atoms with Gasteiger partial charge in [0.25, 0.3) is 0 Å². The van der Waals surface area contributed by atoms with Gasteiger partial charge < -0.3 is 0 Å². The predicted molar refractivity (Wildman–Crippen MR) is 86.5 cm³/mol. The van der Waals surface area contributed by atoms with E-state index in [1.165, 1.54) is 29.8 Å². The molecule has 0 fully saturated rings. The third-order valence-electron chi connectivity index (χ3n) is 3.20. The molecule has 1 aromatic heterocycles. The van der Waals surface area contributed by atoms with Gasteiger partial charge in [-0.05, 0) is 72.0 Å². The van der Waals surface area contributed by atoms with Crippen molar-refractivity contribution in [1.29, 1.82) is 0 Å². The highest BCUT2D eigenvalue weighted by Crippen LogP contribution is 2.33. The highest BCUT2D eigenvalue weighted by Gasteiger charge is 2.18. The van der Waals surface area contributed by atoms with Gasteiger partial charge >= 0.3 is 0 Å². The maximum absolute atomic E-state index is 5.54. The van der Waals surface area contributed by atoms with Gasteiger partial charge in [-0.3, -0.25) is 4.57 Å². The van der Waals surface area contributed by atoms with E-state index in [1.54, 1.807) is 11.3 Å². The zero-order chi connectivity index (χ0) is 12.7. The monoisotopic (exact) mass is 403 g/mol. The van der Waals surface area contributed by atoms with Crippen LogP contribution in [-0.4, -0.2) is 4.57 Å². The lowest BCUT2D eigenvalue weighted by molar-refractivity contribution is 0.665. The molecule has 0 radical (unpaired) electrons. The molecule has 1 aliphatic rings. The van der Waals surface area contributed by atoms with Crippen LogP contribution in [0.15, 0.2) is 27.1 Å². The molecule has 2 aromatic rings. The standard InChI is InChI=1S/C13H11Br2NS2/c14-8-5-6-10(9(15)7-8)16-11-3-1-2-4-12(11)18-13(16)17/h5-7H,1-4H2. The second kappa shape index (κ2) is 5.19. The lowest BCUT2D eigenvalue weighted by atomic mass is 10.0. The summed E-state index contributed by atoms with van der Waals surface area (Å²) in [6.07, 6.45) is 4.90. The Hall–Kier alpha value is 0.0300. The molecule has 1 nitrogen and oxygen atoms in total. The smallest absolute Gasteiger partial charge is 0.166 e. The average Bonchev–Trinajstić information content (AvgIpc) is 2.66. The molecule has 1 aromatic carbocycles. The molecule has 94 valence electrons. The zero-order valence-corrected chi connectivity index (χ0v) is 14.4. The highest BCUT2D eigenvalue weighted by molar-refractivity contribution is 9.11. The molecule has 0 saturated carbocycles. The largest absolute Gasteiger partial charge is 0.294 e. The third kappa shape index (κ3) is 2.26. The maximum atomic E-state index is 5.54. The number of fused-ring (bicyclic) bond motifs is 1. The van der Waals surface area contributed by atoms with Gasteiger partial charge in [-0.15, -0.1) is 11.3 Å². The van der Waals surface area contributed by atoms with Gasteiger partial charge in [0.1, 0.15) is 0 Å². The summed E-state index contributed by atoms with van der Waals surface area (Å²) < 4.78 is 5.36. The van der Waals surface area contributed by atoms with E-state index in [0.29, 0.717) is 0 Å². The number of halogens is 2. The SMILES string of the molecule is S=c1sc2c(n1-c1ccc(Br)cc1Br)CCCC2. The molecular weight excluding hydrogens is 394 g/mol. The first-order valence-corrected chi connectivity index (χ1v) is 8.67. The summed E-state index contributed by atoms with van der Waals surface area (Å²) in [5, 5.41) is 0. The van der Waals surface area contributed by atoms with E-state index in [0.717, 1.165) is 25.0 Å². The highest BCUT2D eigenvalue weighted by atomic mass is 79.9. The Balaban J connectivity index is 2.22. The van der Waals surface area contributed by atoms with Crippen molar-refractivity contribution in [3.8, 4) is 5.69 Å². The third-order valence-corrected chi connectivity index (χ3v) is 5.81. The van der Waals surface area contributed by atoms with Crippen LogP contribution >= 0.6 is 55.4 Å². The Morgan fingerprint density at radius 1 is 1.17 bits per heavy atom. The van der Waals surface area contributed by atoms with Crippen LogP contribution in [0, 0.1) is 3.95 Å². The molecule has 0 bridgehead atoms. The molecular formula is C13H11Br2NS2. The van der Waals surface area contributed by atoms with Gasteiger partial charge in [-0.25, -0.2) is 0 Å². The Morgan fingerprint density at radius 3 is 2.72 bits per heavy atom. The van der Waals surface area contributed by atoms with Gasteiger partial charge in [-0.1, -0.05) is 15.9 Å². The minimum atomic E-state index is 0.963. The predicted octanol–water partition coefficient (Wildman–Crippen LogP) is 5.67. The number of thiazole rings is 1. The van der Waals surface area contributed by atoms with Crippen molar-refractivity contribution in [2.45, 2.75) is 25.7 Å². The fourth-order valence-corrected chi connectivity index (χ4v) is 5.18.